The monoisotopic (exact) mass is 191 g/mol. The summed E-state index contributed by atoms with van der Waals surface area (Å²) in [6, 6.07) is 0. The van der Waals surface area contributed by atoms with E-state index in [1.807, 2.05) is 0 Å². The van der Waals surface area contributed by atoms with E-state index in [0.29, 0.717) is 0 Å². The van der Waals surface area contributed by atoms with Crippen LogP contribution in [0.25, 0.3) is 0 Å². The van der Waals surface area contributed by atoms with Crippen molar-refractivity contribution in [2.24, 2.45) is 0 Å². The third-order valence-electron chi connectivity index (χ3n) is 2.97. The Hall–Kier alpha value is 0.0200. The largest absolute Gasteiger partial charge is 0.500 e. The number of quaternary nitrogens is 1. The van der Waals surface area contributed by atoms with E-state index in [0.717, 1.165) is 24.0 Å². The standard InChI is InChI=1S/C8H18NO2P/c1-3-9(2)7-5-4-6-8(9)11-12-10/h8,12H,3-7H2,1-2H3/q+2. The molecule has 0 N–H and O–H groups in total. The molecule has 0 radical (unpaired) electrons. The van der Waals surface area contributed by atoms with Crippen LogP contribution in [-0.4, -0.2) is 30.8 Å². The molecule has 12 heavy (non-hydrogen) atoms. The van der Waals surface area contributed by atoms with Crippen LogP contribution in [0.15, 0.2) is 0 Å². The fourth-order valence-corrected chi connectivity index (χ4v) is 2.33. The maximum Gasteiger partial charge on any atom is 0.500 e. The van der Waals surface area contributed by atoms with E-state index in [1.54, 1.807) is 0 Å². The first-order chi connectivity index (χ1) is 5.73. The Morgan fingerprint density at radius 2 is 2.33 bits per heavy atom. The van der Waals surface area contributed by atoms with Crippen molar-refractivity contribution in [1.82, 2.24) is 0 Å². The summed E-state index contributed by atoms with van der Waals surface area (Å²) in [5.41, 5.74) is 0. The Labute approximate surface area is 75.6 Å². The minimum Gasteiger partial charge on any atom is -0.298 e. The van der Waals surface area contributed by atoms with Crippen molar-refractivity contribution in [3.05, 3.63) is 0 Å². The molecular formula is C8H18NO2P+2. The average molecular weight is 191 g/mol. The van der Waals surface area contributed by atoms with Crippen LogP contribution in [0.2, 0.25) is 0 Å². The minimum absolute atomic E-state index is 0.166. The Bertz CT molecular complexity index is 165. The third-order valence-corrected chi connectivity index (χ3v) is 3.34. The van der Waals surface area contributed by atoms with E-state index in [4.69, 9.17) is 4.52 Å². The van der Waals surface area contributed by atoms with Crippen molar-refractivity contribution in [3.8, 4) is 0 Å². The van der Waals surface area contributed by atoms with E-state index < -0.39 is 8.69 Å². The summed E-state index contributed by atoms with van der Waals surface area (Å²) in [5, 5.41) is 0. The highest BCUT2D eigenvalue weighted by molar-refractivity contribution is 7.17. The predicted molar refractivity (Wildman–Crippen MR) is 49.3 cm³/mol. The summed E-state index contributed by atoms with van der Waals surface area (Å²) < 4.78 is 16.6. The molecule has 0 spiro atoms. The van der Waals surface area contributed by atoms with E-state index in [1.165, 1.54) is 12.8 Å². The molecule has 0 aromatic rings. The summed E-state index contributed by atoms with van der Waals surface area (Å²) in [4.78, 5) is 0. The third kappa shape index (κ3) is 2.03. The molecule has 4 heteroatoms. The second-order valence-corrected chi connectivity index (χ2v) is 4.07. The Morgan fingerprint density at radius 1 is 1.58 bits per heavy atom. The van der Waals surface area contributed by atoms with Crippen molar-refractivity contribution in [2.75, 3.05) is 20.1 Å². The first-order valence-corrected chi connectivity index (χ1v) is 5.41. The van der Waals surface area contributed by atoms with Crippen LogP contribution in [0.4, 0.5) is 0 Å². The van der Waals surface area contributed by atoms with Gasteiger partial charge < -0.3 is 0 Å². The number of likely N-dealkylation sites (tertiary alicyclic amines) is 1. The molecule has 3 unspecified atom stereocenters. The second-order valence-electron chi connectivity index (χ2n) is 3.67. The molecule has 1 aliphatic heterocycles. The normalized spacial score (nSPS) is 37.0. The number of hydrogen-bond donors (Lipinski definition) is 0. The van der Waals surface area contributed by atoms with Gasteiger partial charge in [-0.25, -0.2) is 0 Å². The van der Waals surface area contributed by atoms with Gasteiger partial charge in [0.1, 0.15) is 0 Å². The smallest absolute Gasteiger partial charge is 0.298 e. The summed E-state index contributed by atoms with van der Waals surface area (Å²) in [5.74, 6) is 0. The lowest BCUT2D eigenvalue weighted by atomic mass is 10.1. The van der Waals surface area contributed by atoms with Crippen LogP contribution in [0.5, 0.6) is 0 Å². The Kier molecular flexibility index (Phi) is 3.63. The van der Waals surface area contributed by atoms with Gasteiger partial charge in [-0.2, -0.15) is 0 Å². The highest BCUT2D eigenvalue weighted by atomic mass is 31.1. The van der Waals surface area contributed by atoms with Crippen molar-refractivity contribution in [1.29, 1.82) is 0 Å². The van der Waals surface area contributed by atoms with E-state index in [9.17, 15) is 4.57 Å². The summed E-state index contributed by atoms with van der Waals surface area (Å²) in [7, 11) is 1.58. The molecule has 1 rings (SSSR count). The maximum absolute atomic E-state index is 10.4. The second kappa shape index (κ2) is 4.31. The van der Waals surface area contributed by atoms with Gasteiger partial charge in [-0.05, 0) is 24.3 Å². The van der Waals surface area contributed by atoms with Gasteiger partial charge >= 0.3 is 8.69 Å². The van der Waals surface area contributed by atoms with Crippen LogP contribution < -0.4 is 0 Å². The van der Waals surface area contributed by atoms with Crippen molar-refractivity contribution >= 4 is 8.69 Å². The number of piperidine rings is 1. The lowest BCUT2D eigenvalue weighted by Gasteiger charge is -2.40. The molecule has 3 nitrogen and oxygen atoms in total. The van der Waals surface area contributed by atoms with Crippen molar-refractivity contribution in [3.63, 3.8) is 0 Å². The Balaban J connectivity index is 2.59. The molecule has 0 aromatic heterocycles. The van der Waals surface area contributed by atoms with Crippen molar-refractivity contribution in [2.45, 2.75) is 32.4 Å². The van der Waals surface area contributed by atoms with Crippen LogP contribution in [0.3, 0.4) is 0 Å². The van der Waals surface area contributed by atoms with Gasteiger partial charge in [0.25, 0.3) is 0 Å². The molecule has 0 bridgehead atoms. The maximum atomic E-state index is 10.4. The summed E-state index contributed by atoms with van der Waals surface area (Å²) in [6.45, 7) is 4.39. The molecule has 1 fully saturated rings. The zero-order chi connectivity index (χ0) is 9.03. The van der Waals surface area contributed by atoms with Gasteiger partial charge in [0, 0.05) is 6.42 Å². The van der Waals surface area contributed by atoms with Crippen LogP contribution >= 0.6 is 8.69 Å². The van der Waals surface area contributed by atoms with Crippen LogP contribution in [0.1, 0.15) is 26.2 Å². The minimum atomic E-state index is -0.607. The molecule has 0 aromatic carbocycles. The van der Waals surface area contributed by atoms with Gasteiger partial charge in [0.15, 0.2) is 0 Å². The van der Waals surface area contributed by atoms with E-state index in [-0.39, 0.29) is 6.23 Å². The molecule has 0 saturated carbocycles. The highest BCUT2D eigenvalue weighted by Gasteiger charge is 2.37. The Morgan fingerprint density at radius 3 is 2.92 bits per heavy atom. The SMILES string of the molecule is CC[N+]1(C)CCCCC1O[PH+]=O. The van der Waals surface area contributed by atoms with Gasteiger partial charge in [0.2, 0.25) is 6.23 Å². The molecule has 0 amide bonds. The molecule has 0 aliphatic carbocycles. The molecular weight excluding hydrogens is 173 g/mol. The lowest BCUT2D eigenvalue weighted by molar-refractivity contribution is -0.954. The number of rotatable bonds is 3. The van der Waals surface area contributed by atoms with E-state index in [2.05, 4.69) is 14.0 Å². The van der Waals surface area contributed by atoms with E-state index >= 15 is 0 Å². The predicted octanol–water partition coefficient (Wildman–Crippen LogP) is 1.92. The average Bonchev–Trinajstić information content (AvgIpc) is 2.10. The topological polar surface area (TPSA) is 26.3 Å². The quantitative estimate of drug-likeness (QED) is 0.503. The molecule has 1 aliphatic rings. The fourth-order valence-electron chi connectivity index (χ4n) is 1.85. The van der Waals surface area contributed by atoms with Crippen LogP contribution in [0, 0.1) is 0 Å². The molecule has 3 atom stereocenters. The van der Waals surface area contributed by atoms with Gasteiger partial charge in [-0.1, -0.05) is 4.52 Å². The zero-order valence-electron chi connectivity index (χ0n) is 7.88. The first kappa shape index (κ1) is 10.1. The molecule has 70 valence electrons. The van der Waals surface area contributed by atoms with Gasteiger partial charge in [-0.15, -0.1) is 0 Å². The highest BCUT2D eigenvalue weighted by Crippen LogP contribution is 2.26. The van der Waals surface area contributed by atoms with Gasteiger partial charge in [0.05, 0.1) is 20.1 Å². The summed E-state index contributed by atoms with van der Waals surface area (Å²) in [6.07, 6.45) is 3.70. The van der Waals surface area contributed by atoms with Crippen LogP contribution in [-0.2, 0) is 9.09 Å². The first-order valence-electron chi connectivity index (χ1n) is 4.60. The van der Waals surface area contributed by atoms with Crippen molar-refractivity contribution < 1.29 is 13.6 Å². The zero-order valence-corrected chi connectivity index (χ0v) is 8.88. The lowest BCUT2D eigenvalue weighted by Crippen LogP contribution is -2.55. The fraction of sp³-hybridized carbons (Fsp3) is 1.00. The van der Waals surface area contributed by atoms with Gasteiger partial charge in [-0.3, -0.25) is 4.48 Å². The summed E-state index contributed by atoms with van der Waals surface area (Å²) >= 11 is 0. The molecule has 1 heterocycles. The molecule has 1 saturated heterocycles. The number of nitrogens with zero attached hydrogens (tertiary/aromatic N) is 1. The number of hydrogen-bond acceptors (Lipinski definition) is 2.